The van der Waals surface area contributed by atoms with Gasteiger partial charge >= 0.3 is 0 Å². The topological polar surface area (TPSA) is 41.1 Å². The molecule has 1 unspecified atom stereocenters. The predicted molar refractivity (Wildman–Crippen MR) is 81.7 cm³/mol. The monoisotopic (exact) mass is 288 g/mol. The average Bonchev–Trinajstić information content (AvgIpc) is 2.96. The summed E-state index contributed by atoms with van der Waals surface area (Å²) in [5.74, 6) is 0. The minimum absolute atomic E-state index is 0.417. The third kappa shape index (κ3) is 3.06. The van der Waals surface area contributed by atoms with Crippen LogP contribution in [0.25, 0.3) is 0 Å². The first kappa shape index (κ1) is 13.7. The fourth-order valence-electron chi connectivity index (χ4n) is 2.61. The Labute approximate surface area is 123 Å². The van der Waals surface area contributed by atoms with Crippen molar-refractivity contribution in [2.24, 2.45) is 0 Å². The summed E-state index contributed by atoms with van der Waals surface area (Å²) in [6.45, 7) is 6.23. The van der Waals surface area contributed by atoms with Gasteiger partial charge in [-0.3, -0.25) is 9.88 Å². The van der Waals surface area contributed by atoms with Crippen LogP contribution in [0.4, 0.5) is 0 Å². The molecule has 5 heteroatoms. The Bertz CT molecular complexity index is 540. The molecule has 0 spiro atoms. The standard InChI is InChI=1S/C15H20N4S/c1-2-13-9-18-15(20-13)11-19-8-7-17-10-14(19)12-3-5-16-6-4-12/h3-6,9,14,17H,2,7-8,10-11H2,1H3. The molecule has 2 aromatic rings. The zero-order chi connectivity index (χ0) is 13.8. The Balaban J connectivity index is 1.75. The normalized spacial score (nSPS) is 20.1. The Hall–Kier alpha value is -1.30. The molecule has 1 saturated heterocycles. The molecule has 3 heterocycles. The van der Waals surface area contributed by atoms with Crippen LogP contribution in [-0.4, -0.2) is 34.5 Å². The lowest BCUT2D eigenvalue weighted by atomic mass is 10.0. The predicted octanol–water partition coefficient (Wildman–Crippen LogP) is 2.25. The summed E-state index contributed by atoms with van der Waals surface area (Å²) >= 11 is 1.84. The van der Waals surface area contributed by atoms with Crippen LogP contribution >= 0.6 is 11.3 Å². The van der Waals surface area contributed by atoms with Crippen molar-refractivity contribution in [2.45, 2.75) is 25.9 Å². The van der Waals surface area contributed by atoms with Gasteiger partial charge in [0.2, 0.25) is 0 Å². The minimum Gasteiger partial charge on any atom is -0.314 e. The van der Waals surface area contributed by atoms with E-state index in [4.69, 9.17) is 0 Å². The van der Waals surface area contributed by atoms with E-state index in [1.54, 1.807) is 0 Å². The van der Waals surface area contributed by atoms with E-state index in [2.05, 4.69) is 39.2 Å². The van der Waals surface area contributed by atoms with Gasteiger partial charge in [0.15, 0.2) is 0 Å². The van der Waals surface area contributed by atoms with Crippen molar-refractivity contribution in [2.75, 3.05) is 19.6 Å². The van der Waals surface area contributed by atoms with Crippen LogP contribution in [0, 0.1) is 0 Å². The number of nitrogens with zero attached hydrogens (tertiary/aromatic N) is 3. The molecule has 0 bridgehead atoms. The molecule has 0 aliphatic carbocycles. The molecule has 3 rings (SSSR count). The van der Waals surface area contributed by atoms with E-state index in [0.717, 1.165) is 32.6 Å². The van der Waals surface area contributed by atoms with E-state index in [0.29, 0.717) is 6.04 Å². The van der Waals surface area contributed by atoms with Gasteiger partial charge < -0.3 is 5.32 Å². The SMILES string of the molecule is CCc1cnc(CN2CCNCC2c2ccncc2)s1. The number of nitrogens with one attached hydrogen (secondary N) is 1. The van der Waals surface area contributed by atoms with Gasteiger partial charge in [-0.15, -0.1) is 11.3 Å². The van der Waals surface area contributed by atoms with Crippen LogP contribution in [0.5, 0.6) is 0 Å². The van der Waals surface area contributed by atoms with Gasteiger partial charge in [-0.25, -0.2) is 4.98 Å². The van der Waals surface area contributed by atoms with Crippen molar-refractivity contribution in [3.63, 3.8) is 0 Å². The Morgan fingerprint density at radius 2 is 2.25 bits per heavy atom. The van der Waals surface area contributed by atoms with Gasteiger partial charge in [-0.05, 0) is 24.1 Å². The molecule has 20 heavy (non-hydrogen) atoms. The third-order valence-electron chi connectivity index (χ3n) is 3.73. The van der Waals surface area contributed by atoms with Gasteiger partial charge in [0.1, 0.15) is 5.01 Å². The molecule has 1 atom stereocenters. The zero-order valence-electron chi connectivity index (χ0n) is 11.7. The lowest BCUT2D eigenvalue weighted by Crippen LogP contribution is -2.45. The number of piperazine rings is 1. The lowest BCUT2D eigenvalue weighted by molar-refractivity contribution is 0.153. The molecular weight excluding hydrogens is 268 g/mol. The summed E-state index contributed by atoms with van der Waals surface area (Å²) in [4.78, 5) is 12.6. The van der Waals surface area contributed by atoms with Crippen LogP contribution in [0.2, 0.25) is 0 Å². The highest BCUT2D eigenvalue weighted by molar-refractivity contribution is 7.11. The first-order chi connectivity index (χ1) is 9.86. The van der Waals surface area contributed by atoms with E-state index >= 15 is 0 Å². The van der Waals surface area contributed by atoms with Crippen LogP contribution in [0.3, 0.4) is 0 Å². The van der Waals surface area contributed by atoms with E-state index in [1.807, 2.05) is 29.9 Å². The summed E-state index contributed by atoms with van der Waals surface area (Å²) in [5, 5.41) is 4.71. The summed E-state index contributed by atoms with van der Waals surface area (Å²) in [6.07, 6.45) is 6.85. The quantitative estimate of drug-likeness (QED) is 0.937. The third-order valence-corrected chi connectivity index (χ3v) is 4.86. The number of thiazole rings is 1. The van der Waals surface area contributed by atoms with Gasteiger partial charge in [0.25, 0.3) is 0 Å². The number of pyridine rings is 1. The van der Waals surface area contributed by atoms with Crippen molar-refractivity contribution in [1.29, 1.82) is 0 Å². The molecule has 2 aromatic heterocycles. The van der Waals surface area contributed by atoms with Gasteiger partial charge in [0.05, 0.1) is 6.54 Å². The smallest absolute Gasteiger partial charge is 0.107 e. The van der Waals surface area contributed by atoms with Crippen LogP contribution in [0.1, 0.15) is 28.4 Å². The summed E-state index contributed by atoms with van der Waals surface area (Å²) in [6, 6.07) is 4.65. The maximum absolute atomic E-state index is 4.55. The van der Waals surface area contributed by atoms with Crippen LogP contribution in [0.15, 0.2) is 30.7 Å². The van der Waals surface area contributed by atoms with Crippen molar-refractivity contribution >= 4 is 11.3 Å². The first-order valence-corrected chi connectivity index (χ1v) is 7.96. The number of rotatable bonds is 4. The molecule has 0 aromatic carbocycles. The molecule has 1 aliphatic heterocycles. The molecule has 4 nitrogen and oxygen atoms in total. The van der Waals surface area contributed by atoms with Gasteiger partial charge in [0, 0.05) is 49.1 Å². The second-order valence-electron chi connectivity index (χ2n) is 5.04. The second kappa shape index (κ2) is 6.43. The summed E-state index contributed by atoms with van der Waals surface area (Å²) in [7, 11) is 0. The molecule has 1 aliphatic rings. The van der Waals surface area contributed by atoms with Gasteiger partial charge in [-0.1, -0.05) is 6.92 Å². The zero-order valence-corrected chi connectivity index (χ0v) is 12.6. The minimum atomic E-state index is 0.417. The highest BCUT2D eigenvalue weighted by Gasteiger charge is 2.24. The summed E-state index contributed by atoms with van der Waals surface area (Å²) in [5.41, 5.74) is 1.33. The fourth-order valence-corrected chi connectivity index (χ4v) is 3.50. The van der Waals surface area contributed by atoms with Crippen molar-refractivity contribution < 1.29 is 0 Å². The summed E-state index contributed by atoms with van der Waals surface area (Å²) < 4.78 is 0. The fraction of sp³-hybridized carbons (Fsp3) is 0.467. The molecule has 106 valence electrons. The van der Waals surface area contributed by atoms with E-state index in [-0.39, 0.29) is 0 Å². The van der Waals surface area contributed by atoms with Crippen LogP contribution < -0.4 is 5.32 Å². The molecular formula is C15H20N4S. The Kier molecular flexibility index (Phi) is 4.40. The highest BCUT2D eigenvalue weighted by atomic mass is 32.1. The maximum atomic E-state index is 4.55. The number of hydrogen-bond donors (Lipinski definition) is 1. The molecule has 1 fully saturated rings. The molecule has 0 radical (unpaired) electrons. The molecule has 0 amide bonds. The Morgan fingerprint density at radius 3 is 3.00 bits per heavy atom. The van der Waals surface area contributed by atoms with E-state index in [1.165, 1.54) is 15.4 Å². The Morgan fingerprint density at radius 1 is 1.40 bits per heavy atom. The number of aromatic nitrogens is 2. The van der Waals surface area contributed by atoms with E-state index in [9.17, 15) is 0 Å². The molecule has 0 saturated carbocycles. The van der Waals surface area contributed by atoms with Gasteiger partial charge in [-0.2, -0.15) is 0 Å². The first-order valence-electron chi connectivity index (χ1n) is 7.15. The number of aryl methyl sites for hydroxylation is 1. The maximum Gasteiger partial charge on any atom is 0.107 e. The lowest BCUT2D eigenvalue weighted by Gasteiger charge is -2.35. The van der Waals surface area contributed by atoms with E-state index < -0.39 is 0 Å². The van der Waals surface area contributed by atoms with Crippen molar-refractivity contribution in [3.8, 4) is 0 Å². The largest absolute Gasteiger partial charge is 0.314 e. The van der Waals surface area contributed by atoms with Crippen LogP contribution in [-0.2, 0) is 13.0 Å². The van der Waals surface area contributed by atoms with Crippen molar-refractivity contribution in [1.82, 2.24) is 20.2 Å². The second-order valence-corrected chi connectivity index (χ2v) is 6.24. The van der Waals surface area contributed by atoms with Crippen molar-refractivity contribution in [3.05, 3.63) is 46.2 Å². The molecule has 1 N–H and O–H groups in total. The number of hydrogen-bond acceptors (Lipinski definition) is 5. The average molecular weight is 288 g/mol. The highest BCUT2D eigenvalue weighted by Crippen LogP contribution is 2.25.